The first-order valence-electron chi connectivity index (χ1n) is 9.97. The van der Waals surface area contributed by atoms with E-state index in [1.54, 1.807) is 30.5 Å². The molecule has 5 rings (SSSR count). The first-order chi connectivity index (χ1) is 13.6. The third kappa shape index (κ3) is 3.10. The number of nitrogens with one attached hydrogen (secondary N) is 1. The summed E-state index contributed by atoms with van der Waals surface area (Å²) in [5, 5.41) is 3.06. The number of ether oxygens (including phenoxy) is 1. The molecule has 1 amide bonds. The molecule has 1 spiro atoms. The van der Waals surface area contributed by atoms with E-state index in [4.69, 9.17) is 4.74 Å². The Labute approximate surface area is 163 Å². The predicted molar refractivity (Wildman–Crippen MR) is 102 cm³/mol. The van der Waals surface area contributed by atoms with Gasteiger partial charge in [-0.15, -0.1) is 0 Å². The summed E-state index contributed by atoms with van der Waals surface area (Å²) < 4.78 is 20.0. The number of carbonyl (C=O) groups is 1. The van der Waals surface area contributed by atoms with Gasteiger partial charge in [-0.05, 0) is 42.7 Å². The molecule has 3 fully saturated rings. The van der Waals surface area contributed by atoms with Crippen LogP contribution in [0.25, 0.3) is 0 Å². The summed E-state index contributed by atoms with van der Waals surface area (Å²) in [7, 11) is 0. The normalized spacial score (nSPS) is 31.1. The molecular formula is C22H24FN3O2. The molecule has 146 valence electrons. The fraction of sp³-hybridized carbons (Fsp3) is 0.455. The van der Waals surface area contributed by atoms with Crippen LogP contribution in [0.5, 0.6) is 0 Å². The number of benzene rings is 1. The summed E-state index contributed by atoms with van der Waals surface area (Å²) in [6.45, 7) is 3.16. The highest BCUT2D eigenvalue weighted by atomic mass is 19.1. The van der Waals surface area contributed by atoms with Crippen molar-refractivity contribution in [3.05, 3.63) is 65.7 Å². The van der Waals surface area contributed by atoms with Crippen LogP contribution in [0.3, 0.4) is 0 Å². The molecule has 3 saturated heterocycles. The minimum Gasteiger partial charge on any atom is -0.370 e. The van der Waals surface area contributed by atoms with Crippen molar-refractivity contribution in [2.45, 2.75) is 31.1 Å². The summed E-state index contributed by atoms with van der Waals surface area (Å²) in [4.78, 5) is 18.9. The molecule has 1 aromatic heterocycles. The minimum absolute atomic E-state index is 0.0988. The zero-order chi connectivity index (χ0) is 19.1. The lowest BCUT2D eigenvalue weighted by Gasteiger charge is -2.29. The second-order valence-electron chi connectivity index (χ2n) is 8.25. The molecule has 5 nitrogen and oxygen atoms in total. The van der Waals surface area contributed by atoms with Gasteiger partial charge in [0.25, 0.3) is 5.91 Å². The largest absolute Gasteiger partial charge is 0.370 e. The van der Waals surface area contributed by atoms with Crippen LogP contribution >= 0.6 is 0 Å². The van der Waals surface area contributed by atoms with E-state index in [1.807, 2.05) is 12.1 Å². The lowest BCUT2D eigenvalue weighted by Crippen LogP contribution is -2.42. The Kier molecular flexibility index (Phi) is 4.40. The number of halogens is 1. The van der Waals surface area contributed by atoms with E-state index in [2.05, 4.69) is 15.2 Å². The second-order valence-corrected chi connectivity index (χ2v) is 8.25. The lowest BCUT2D eigenvalue weighted by molar-refractivity contribution is 0.00212. The molecule has 4 heterocycles. The molecule has 2 bridgehead atoms. The number of rotatable bonds is 5. The Morgan fingerprint density at radius 2 is 2.25 bits per heavy atom. The van der Waals surface area contributed by atoms with E-state index in [-0.39, 0.29) is 23.4 Å². The van der Waals surface area contributed by atoms with Crippen LogP contribution in [0.15, 0.2) is 48.7 Å². The van der Waals surface area contributed by atoms with Gasteiger partial charge < -0.3 is 10.1 Å². The van der Waals surface area contributed by atoms with Crippen molar-refractivity contribution in [3.63, 3.8) is 0 Å². The van der Waals surface area contributed by atoms with Crippen LogP contribution in [-0.2, 0) is 11.3 Å². The Morgan fingerprint density at radius 1 is 1.32 bits per heavy atom. The summed E-state index contributed by atoms with van der Waals surface area (Å²) >= 11 is 0. The first kappa shape index (κ1) is 17.8. The first-order valence-corrected chi connectivity index (χ1v) is 9.97. The number of carbonyl (C=O) groups excluding carboxylic acids is 1. The third-order valence-electron chi connectivity index (χ3n) is 6.55. The van der Waals surface area contributed by atoms with Crippen LogP contribution in [0.2, 0.25) is 0 Å². The number of fused-ring (bicyclic) bond motifs is 1. The Bertz CT molecular complexity index is 877. The zero-order valence-corrected chi connectivity index (χ0v) is 15.7. The molecule has 3 aliphatic heterocycles. The molecule has 6 heteroatoms. The van der Waals surface area contributed by atoms with Crippen molar-refractivity contribution >= 4 is 5.91 Å². The molecule has 1 N–H and O–H groups in total. The van der Waals surface area contributed by atoms with Gasteiger partial charge in [0.1, 0.15) is 11.5 Å². The van der Waals surface area contributed by atoms with Gasteiger partial charge in [-0.25, -0.2) is 4.39 Å². The van der Waals surface area contributed by atoms with Gasteiger partial charge >= 0.3 is 0 Å². The maximum atomic E-state index is 13.5. The topological polar surface area (TPSA) is 54.5 Å². The molecule has 3 aliphatic rings. The molecule has 1 aromatic carbocycles. The van der Waals surface area contributed by atoms with Crippen LogP contribution < -0.4 is 5.32 Å². The molecule has 0 radical (unpaired) electrons. The van der Waals surface area contributed by atoms with E-state index in [0.29, 0.717) is 24.1 Å². The molecule has 4 atom stereocenters. The van der Waals surface area contributed by atoms with Gasteiger partial charge in [-0.2, -0.15) is 0 Å². The Morgan fingerprint density at radius 3 is 3.07 bits per heavy atom. The Balaban J connectivity index is 1.25. The summed E-state index contributed by atoms with van der Waals surface area (Å²) in [5.74, 6) is 0.400. The number of amides is 1. The number of hydrogen-bond acceptors (Lipinski definition) is 4. The standard InChI is InChI=1S/C22H24FN3O2/c23-16-5-3-4-15(10-16)12-26-13-18-17(20-7-8-22(18,14-26)28-20)11-25-21(27)19-6-1-2-9-24-19/h1-6,9-10,17-18,20H,7-8,11-14H2,(H,25,27)/t17-,18+,20+,22+/m0/s1. The van der Waals surface area contributed by atoms with Crippen molar-refractivity contribution in [1.29, 1.82) is 0 Å². The van der Waals surface area contributed by atoms with Crippen molar-refractivity contribution in [3.8, 4) is 0 Å². The summed E-state index contributed by atoms with van der Waals surface area (Å²) in [5.41, 5.74) is 1.34. The van der Waals surface area contributed by atoms with Gasteiger partial charge in [0, 0.05) is 44.2 Å². The number of likely N-dealkylation sites (tertiary alicyclic amines) is 1. The van der Waals surface area contributed by atoms with Crippen molar-refractivity contribution in [1.82, 2.24) is 15.2 Å². The molecule has 0 saturated carbocycles. The van der Waals surface area contributed by atoms with Gasteiger partial charge in [-0.1, -0.05) is 18.2 Å². The average Bonchev–Trinajstić information content (AvgIpc) is 3.35. The number of aromatic nitrogens is 1. The average molecular weight is 381 g/mol. The van der Waals surface area contributed by atoms with Gasteiger partial charge in [0.2, 0.25) is 0 Å². The van der Waals surface area contributed by atoms with E-state index < -0.39 is 0 Å². The molecule has 0 aliphatic carbocycles. The second kappa shape index (κ2) is 6.94. The molecule has 0 unspecified atom stereocenters. The maximum absolute atomic E-state index is 13.5. The van der Waals surface area contributed by atoms with Crippen LogP contribution in [0, 0.1) is 17.7 Å². The van der Waals surface area contributed by atoms with Gasteiger partial charge in [-0.3, -0.25) is 14.7 Å². The summed E-state index contributed by atoms with van der Waals surface area (Å²) in [6, 6.07) is 12.2. The maximum Gasteiger partial charge on any atom is 0.269 e. The van der Waals surface area contributed by atoms with Crippen LogP contribution in [0.4, 0.5) is 4.39 Å². The fourth-order valence-corrected chi connectivity index (χ4v) is 5.37. The molecular weight excluding hydrogens is 357 g/mol. The van der Waals surface area contributed by atoms with Crippen LogP contribution in [0.1, 0.15) is 28.9 Å². The molecule has 2 aromatic rings. The quantitative estimate of drug-likeness (QED) is 0.865. The predicted octanol–water partition coefficient (Wildman–Crippen LogP) is 2.63. The lowest BCUT2D eigenvalue weighted by atomic mass is 9.73. The van der Waals surface area contributed by atoms with Crippen molar-refractivity contribution in [2.24, 2.45) is 11.8 Å². The highest BCUT2D eigenvalue weighted by molar-refractivity contribution is 5.92. The van der Waals surface area contributed by atoms with Gasteiger partial charge in [0.05, 0.1) is 11.7 Å². The highest BCUT2D eigenvalue weighted by Crippen LogP contribution is 2.54. The minimum atomic E-state index is -0.192. The van der Waals surface area contributed by atoms with Crippen molar-refractivity contribution < 1.29 is 13.9 Å². The van der Waals surface area contributed by atoms with E-state index in [9.17, 15) is 9.18 Å². The fourth-order valence-electron chi connectivity index (χ4n) is 5.37. The summed E-state index contributed by atoms with van der Waals surface area (Å²) in [6.07, 6.45) is 3.98. The third-order valence-corrected chi connectivity index (χ3v) is 6.55. The van der Waals surface area contributed by atoms with Gasteiger partial charge in [0.15, 0.2) is 0 Å². The smallest absolute Gasteiger partial charge is 0.269 e. The number of nitrogens with zero attached hydrogens (tertiary/aromatic N) is 2. The van der Waals surface area contributed by atoms with Crippen molar-refractivity contribution in [2.75, 3.05) is 19.6 Å². The number of pyridine rings is 1. The monoisotopic (exact) mass is 381 g/mol. The van der Waals surface area contributed by atoms with E-state index >= 15 is 0 Å². The SMILES string of the molecule is O=C(NC[C@H]1[C@H]2CN(Cc3cccc(F)c3)C[C@]23CC[C@H]1O3)c1ccccn1. The van der Waals surface area contributed by atoms with Crippen LogP contribution in [-0.4, -0.2) is 47.1 Å². The zero-order valence-electron chi connectivity index (χ0n) is 15.7. The van der Waals surface area contributed by atoms with E-state index in [0.717, 1.165) is 38.0 Å². The molecule has 28 heavy (non-hydrogen) atoms. The van der Waals surface area contributed by atoms with E-state index in [1.165, 1.54) is 6.07 Å². The number of hydrogen-bond donors (Lipinski definition) is 1. The highest BCUT2D eigenvalue weighted by Gasteiger charge is 2.62. The Hall–Kier alpha value is -2.31.